The second kappa shape index (κ2) is 8.78. The summed E-state index contributed by atoms with van der Waals surface area (Å²) in [5.74, 6) is 3.30. The maximum Gasteiger partial charge on any atom is 0.191 e. The van der Waals surface area contributed by atoms with Gasteiger partial charge in [0, 0.05) is 25.6 Å². The molecular formula is C24H36N6. The molecule has 0 saturated heterocycles. The van der Waals surface area contributed by atoms with Gasteiger partial charge in [-0.1, -0.05) is 51.0 Å². The zero-order valence-corrected chi connectivity index (χ0v) is 18.9. The largest absolute Gasteiger partial charge is 0.356 e. The van der Waals surface area contributed by atoms with Crippen LogP contribution in [-0.2, 0) is 12.0 Å². The van der Waals surface area contributed by atoms with Gasteiger partial charge in [-0.05, 0) is 49.7 Å². The Kier molecular flexibility index (Phi) is 6.11. The number of aliphatic imine (C=N–C) groups is 1. The van der Waals surface area contributed by atoms with Crippen LogP contribution in [0.3, 0.4) is 0 Å². The van der Waals surface area contributed by atoms with Gasteiger partial charge in [0.1, 0.15) is 11.6 Å². The van der Waals surface area contributed by atoms with E-state index in [9.17, 15) is 0 Å². The highest BCUT2D eigenvalue weighted by molar-refractivity contribution is 5.80. The molecule has 1 fully saturated rings. The van der Waals surface area contributed by atoms with Crippen molar-refractivity contribution in [2.24, 2.45) is 4.99 Å². The summed E-state index contributed by atoms with van der Waals surface area (Å²) in [6, 6.07) is 9.49. The van der Waals surface area contributed by atoms with Crippen LogP contribution < -0.4 is 10.6 Å². The number of nitrogens with zero attached hydrogens (tertiary/aromatic N) is 4. The number of rotatable bonds is 5. The SMILES string of the molecule is CN=C(NCC1(c2ccc(C(C)C)cc2)CCCC1)NC1CCCn2nc(C)nc21. The third kappa shape index (κ3) is 4.23. The number of guanidine groups is 1. The van der Waals surface area contributed by atoms with Gasteiger partial charge in [0.25, 0.3) is 0 Å². The van der Waals surface area contributed by atoms with Crippen molar-refractivity contribution in [1.29, 1.82) is 0 Å². The van der Waals surface area contributed by atoms with E-state index in [0.717, 1.165) is 43.5 Å². The predicted molar refractivity (Wildman–Crippen MR) is 122 cm³/mol. The Morgan fingerprint density at radius 3 is 2.60 bits per heavy atom. The van der Waals surface area contributed by atoms with Crippen molar-refractivity contribution in [1.82, 2.24) is 25.4 Å². The average molecular weight is 409 g/mol. The van der Waals surface area contributed by atoms with Crippen molar-refractivity contribution in [2.45, 2.75) is 83.2 Å². The first kappa shape index (κ1) is 20.9. The van der Waals surface area contributed by atoms with E-state index in [-0.39, 0.29) is 11.5 Å². The Bertz CT molecular complexity index is 874. The van der Waals surface area contributed by atoms with Crippen LogP contribution >= 0.6 is 0 Å². The third-order valence-corrected chi connectivity index (χ3v) is 6.86. The third-order valence-electron chi connectivity index (χ3n) is 6.86. The van der Waals surface area contributed by atoms with Gasteiger partial charge in [-0.15, -0.1) is 0 Å². The van der Waals surface area contributed by atoms with E-state index in [1.807, 2.05) is 18.7 Å². The van der Waals surface area contributed by atoms with E-state index < -0.39 is 0 Å². The lowest BCUT2D eigenvalue weighted by Crippen LogP contribution is -2.46. The highest BCUT2D eigenvalue weighted by atomic mass is 15.4. The molecule has 1 aliphatic heterocycles. The molecule has 6 heteroatoms. The van der Waals surface area contributed by atoms with Crippen molar-refractivity contribution < 1.29 is 0 Å². The van der Waals surface area contributed by atoms with Gasteiger partial charge in [0.05, 0.1) is 6.04 Å². The van der Waals surface area contributed by atoms with Gasteiger partial charge >= 0.3 is 0 Å². The number of fused-ring (bicyclic) bond motifs is 1. The average Bonchev–Trinajstić information content (AvgIpc) is 3.38. The lowest BCUT2D eigenvalue weighted by molar-refractivity contribution is 0.392. The van der Waals surface area contributed by atoms with E-state index in [2.05, 4.69) is 63.8 Å². The second-order valence-corrected chi connectivity index (χ2v) is 9.27. The lowest BCUT2D eigenvalue weighted by Gasteiger charge is -2.32. The number of aryl methyl sites for hydroxylation is 2. The van der Waals surface area contributed by atoms with E-state index in [0.29, 0.717) is 5.92 Å². The normalized spacial score (nSPS) is 21.0. The molecule has 6 nitrogen and oxygen atoms in total. The molecule has 1 saturated carbocycles. The highest BCUT2D eigenvalue weighted by Gasteiger charge is 2.36. The van der Waals surface area contributed by atoms with E-state index in [1.54, 1.807) is 0 Å². The maximum absolute atomic E-state index is 4.65. The van der Waals surface area contributed by atoms with Crippen LogP contribution in [0.4, 0.5) is 0 Å². The van der Waals surface area contributed by atoms with Gasteiger partial charge in [-0.2, -0.15) is 5.10 Å². The summed E-state index contributed by atoms with van der Waals surface area (Å²) in [6.07, 6.45) is 7.22. The number of hydrogen-bond donors (Lipinski definition) is 2. The van der Waals surface area contributed by atoms with Crippen molar-refractivity contribution in [3.63, 3.8) is 0 Å². The number of nitrogens with one attached hydrogen (secondary N) is 2. The molecule has 4 rings (SSSR count). The summed E-state index contributed by atoms with van der Waals surface area (Å²) in [6.45, 7) is 8.34. The Balaban J connectivity index is 1.46. The molecule has 1 aromatic heterocycles. The van der Waals surface area contributed by atoms with E-state index in [1.165, 1.54) is 36.8 Å². The topological polar surface area (TPSA) is 67.1 Å². The minimum atomic E-state index is 0.163. The summed E-state index contributed by atoms with van der Waals surface area (Å²) in [4.78, 5) is 9.17. The Labute approximate surface area is 180 Å². The molecule has 1 atom stereocenters. The fraction of sp³-hybridized carbons (Fsp3) is 0.625. The zero-order chi connectivity index (χ0) is 21.1. The van der Waals surface area contributed by atoms with Crippen LogP contribution in [0.1, 0.15) is 87.1 Å². The van der Waals surface area contributed by atoms with Crippen LogP contribution in [0.5, 0.6) is 0 Å². The fourth-order valence-corrected chi connectivity index (χ4v) is 5.06. The molecular weight excluding hydrogens is 372 g/mol. The van der Waals surface area contributed by atoms with Crippen molar-refractivity contribution in [2.75, 3.05) is 13.6 Å². The molecule has 0 radical (unpaired) electrons. The predicted octanol–water partition coefficient (Wildman–Crippen LogP) is 4.22. The van der Waals surface area contributed by atoms with Gasteiger partial charge in [-0.3, -0.25) is 4.99 Å². The molecule has 2 aliphatic rings. The minimum Gasteiger partial charge on any atom is -0.356 e. The quantitative estimate of drug-likeness (QED) is 0.574. The Hall–Kier alpha value is -2.37. The zero-order valence-electron chi connectivity index (χ0n) is 18.9. The molecule has 2 heterocycles. The monoisotopic (exact) mass is 408 g/mol. The minimum absolute atomic E-state index is 0.163. The van der Waals surface area contributed by atoms with Crippen LogP contribution in [0.25, 0.3) is 0 Å². The van der Waals surface area contributed by atoms with Crippen LogP contribution in [0.15, 0.2) is 29.3 Å². The number of hydrogen-bond acceptors (Lipinski definition) is 3. The van der Waals surface area contributed by atoms with Crippen molar-refractivity contribution >= 4 is 5.96 Å². The number of aromatic nitrogens is 3. The summed E-state index contributed by atoms with van der Waals surface area (Å²) >= 11 is 0. The molecule has 1 unspecified atom stereocenters. The van der Waals surface area contributed by atoms with E-state index >= 15 is 0 Å². The van der Waals surface area contributed by atoms with Gasteiger partial charge in [-0.25, -0.2) is 9.67 Å². The highest BCUT2D eigenvalue weighted by Crippen LogP contribution is 2.41. The number of benzene rings is 1. The maximum atomic E-state index is 4.65. The van der Waals surface area contributed by atoms with Crippen LogP contribution in [-0.4, -0.2) is 34.3 Å². The smallest absolute Gasteiger partial charge is 0.191 e. The second-order valence-electron chi connectivity index (χ2n) is 9.27. The first-order chi connectivity index (χ1) is 14.5. The lowest BCUT2D eigenvalue weighted by atomic mass is 9.78. The van der Waals surface area contributed by atoms with Crippen molar-refractivity contribution in [3.05, 3.63) is 47.0 Å². The van der Waals surface area contributed by atoms with Gasteiger partial charge in [0.2, 0.25) is 0 Å². The fourth-order valence-electron chi connectivity index (χ4n) is 5.06. The van der Waals surface area contributed by atoms with E-state index in [4.69, 9.17) is 0 Å². The Morgan fingerprint density at radius 2 is 1.93 bits per heavy atom. The Morgan fingerprint density at radius 1 is 1.20 bits per heavy atom. The molecule has 2 N–H and O–H groups in total. The summed E-state index contributed by atoms with van der Waals surface area (Å²) in [5, 5.41) is 11.8. The summed E-state index contributed by atoms with van der Waals surface area (Å²) in [5.41, 5.74) is 3.06. The molecule has 0 amide bonds. The summed E-state index contributed by atoms with van der Waals surface area (Å²) in [7, 11) is 1.85. The molecule has 0 spiro atoms. The van der Waals surface area contributed by atoms with Gasteiger partial charge < -0.3 is 10.6 Å². The molecule has 0 bridgehead atoms. The van der Waals surface area contributed by atoms with Gasteiger partial charge in [0.15, 0.2) is 5.96 Å². The molecule has 1 aromatic carbocycles. The summed E-state index contributed by atoms with van der Waals surface area (Å²) < 4.78 is 2.04. The first-order valence-corrected chi connectivity index (χ1v) is 11.5. The standard InChI is InChI=1S/C24H36N6/c1-17(2)19-9-11-20(12-10-19)24(13-5-6-14-24)16-26-23(25-4)28-21-8-7-15-30-22(21)27-18(3)29-30/h9-12,17,21H,5-8,13-16H2,1-4H3,(H2,25,26,28). The van der Waals surface area contributed by atoms with Crippen LogP contribution in [0.2, 0.25) is 0 Å². The molecule has 2 aromatic rings. The first-order valence-electron chi connectivity index (χ1n) is 11.5. The molecule has 162 valence electrons. The van der Waals surface area contributed by atoms with Crippen molar-refractivity contribution in [3.8, 4) is 0 Å². The molecule has 1 aliphatic carbocycles. The van der Waals surface area contributed by atoms with Crippen LogP contribution in [0, 0.1) is 6.92 Å². The molecule has 30 heavy (non-hydrogen) atoms.